The Labute approximate surface area is 122 Å². The zero-order valence-corrected chi connectivity index (χ0v) is 11.8. The third-order valence-corrected chi connectivity index (χ3v) is 5.16. The van der Waals surface area contributed by atoms with Crippen LogP contribution >= 0.6 is 0 Å². The molecule has 3 N–H and O–H groups in total. The highest BCUT2D eigenvalue weighted by Gasteiger charge is 2.31. The van der Waals surface area contributed by atoms with Crippen LogP contribution in [0.2, 0.25) is 0 Å². The Morgan fingerprint density at radius 3 is 2.48 bits per heavy atom. The number of phenolic OH excluding ortho intramolecular Hbond substituents is 1. The highest BCUT2D eigenvalue weighted by molar-refractivity contribution is 7.96. The molecule has 0 saturated heterocycles. The third-order valence-electron chi connectivity index (χ3n) is 3.22. The Morgan fingerprint density at radius 1 is 1.10 bits per heavy atom. The summed E-state index contributed by atoms with van der Waals surface area (Å²) >= 11 is 0. The van der Waals surface area contributed by atoms with Crippen LogP contribution in [0.25, 0.3) is 6.08 Å². The third kappa shape index (κ3) is 2.34. The monoisotopic (exact) mass is 303 g/mol. The summed E-state index contributed by atoms with van der Waals surface area (Å²) in [7, 11) is -3.59. The van der Waals surface area contributed by atoms with Gasteiger partial charge in [0.05, 0.1) is 10.6 Å². The maximum atomic E-state index is 12.4. The fourth-order valence-electron chi connectivity index (χ4n) is 2.20. The predicted molar refractivity (Wildman–Crippen MR) is 79.6 cm³/mol. The van der Waals surface area contributed by atoms with E-state index in [4.69, 9.17) is 10.5 Å². The number of sulfone groups is 1. The predicted octanol–water partition coefficient (Wildman–Crippen LogP) is 2.18. The van der Waals surface area contributed by atoms with Crippen LogP contribution in [-0.2, 0) is 9.84 Å². The number of fused-ring (bicyclic) bond motifs is 1. The molecule has 2 aromatic carbocycles. The van der Waals surface area contributed by atoms with Gasteiger partial charge in [0.2, 0.25) is 9.84 Å². The number of hydrogen-bond acceptors (Lipinski definition) is 5. The zero-order chi connectivity index (χ0) is 15.0. The lowest BCUT2D eigenvalue weighted by atomic mass is 10.2. The second-order valence-corrected chi connectivity index (χ2v) is 6.60. The van der Waals surface area contributed by atoms with Crippen molar-refractivity contribution >= 4 is 21.6 Å². The van der Waals surface area contributed by atoms with E-state index in [2.05, 4.69) is 0 Å². The van der Waals surface area contributed by atoms with Gasteiger partial charge in [0.25, 0.3) is 0 Å². The molecule has 0 atom stereocenters. The van der Waals surface area contributed by atoms with E-state index in [9.17, 15) is 13.5 Å². The Kier molecular flexibility index (Phi) is 3.10. The van der Waals surface area contributed by atoms with Crippen LogP contribution in [0.4, 0.5) is 5.69 Å². The van der Waals surface area contributed by atoms with Crippen molar-refractivity contribution in [3.63, 3.8) is 0 Å². The highest BCUT2D eigenvalue weighted by atomic mass is 32.2. The average molecular weight is 303 g/mol. The van der Waals surface area contributed by atoms with Crippen molar-refractivity contribution in [2.24, 2.45) is 0 Å². The SMILES string of the molecule is Nc1cccc2c1S(=O)(=O)C(COc1ccc(O)cc1)=C2. The summed E-state index contributed by atoms with van der Waals surface area (Å²) in [5, 5.41) is 9.19. The van der Waals surface area contributed by atoms with Gasteiger partial charge in [0.15, 0.2) is 0 Å². The number of ether oxygens (including phenoxy) is 1. The number of aromatic hydroxyl groups is 1. The Morgan fingerprint density at radius 2 is 1.81 bits per heavy atom. The number of phenols is 1. The molecule has 0 amide bonds. The number of anilines is 1. The second-order valence-electron chi connectivity index (χ2n) is 4.66. The number of benzene rings is 2. The molecule has 0 aliphatic carbocycles. The van der Waals surface area contributed by atoms with E-state index in [1.165, 1.54) is 12.1 Å². The van der Waals surface area contributed by atoms with Gasteiger partial charge in [-0.2, -0.15) is 0 Å². The molecule has 3 rings (SSSR count). The maximum Gasteiger partial charge on any atom is 0.208 e. The van der Waals surface area contributed by atoms with Gasteiger partial charge in [-0.15, -0.1) is 0 Å². The molecule has 0 aromatic heterocycles. The van der Waals surface area contributed by atoms with Gasteiger partial charge in [0.1, 0.15) is 23.0 Å². The summed E-state index contributed by atoms with van der Waals surface area (Å²) < 4.78 is 30.3. The van der Waals surface area contributed by atoms with E-state index >= 15 is 0 Å². The fourth-order valence-corrected chi connectivity index (χ4v) is 3.77. The molecule has 1 aliphatic rings. The number of nitrogen functional groups attached to an aromatic ring is 1. The molecule has 0 unspecified atom stereocenters. The standard InChI is InChI=1S/C15H13NO4S/c16-14-3-1-2-10-8-13(21(18,19)15(10)14)9-20-12-6-4-11(17)5-7-12/h1-8,17H,9,16H2. The van der Waals surface area contributed by atoms with E-state index in [-0.39, 0.29) is 27.8 Å². The molecule has 2 aromatic rings. The van der Waals surface area contributed by atoms with Crippen molar-refractivity contribution in [1.82, 2.24) is 0 Å². The molecule has 108 valence electrons. The van der Waals surface area contributed by atoms with Gasteiger partial charge in [0, 0.05) is 0 Å². The van der Waals surface area contributed by atoms with Crippen molar-refractivity contribution in [2.75, 3.05) is 12.3 Å². The van der Waals surface area contributed by atoms with Crippen molar-refractivity contribution in [3.8, 4) is 11.5 Å². The van der Waals surface area contributed by atoms with Crippen molar-refractivity contribution < 1.29 is 18.3 Å². The molecule has 1 aliphatic heterocycles. The second kappa shape index (κ2) is 4.82. The van der Waals surface area contributed by atoms with Crippen molar-refractivity contribution in [2.45, 2.75) is 4.90 Å². The molecule has 5 nitrogen and oxygen atoms in total. The van der Waals surface area contributed by atoms with E-state index in [0.717, 1.165) is 0 Å². The molecular weight excluding hydrogens is 290 g/mol. The van der Waals surface area contributed by atoms with Crippen LogP contribution in [-0.4, -0.2) is 20.1 Å². The molecule has 0 bridgehead atoms. The first-order valence-electron chi connectivity index (χ1n) is 6.24. The van der Waals surface area contributed by atoms with Crippen LogP contribution in [0, 0.1) is 0 Å². The zero-order valence-electron chi connectivity index (χ0n) is 11.0. The lowest BCUT2D eigenvalue weighted by Gasteiger charge is -2.08. The minimum atomic E-state index is -3.59. The van der Waals surface area contributed by atoms with Gasteiger partial charge in [-0.05, 0) is 42.0 Å². The largest absolute Gasteiger partial charge is 0.508 e. The first kappa shape index (κ1) is 13.5. The smallest absolute Gasteiger partial charge is 0.208 e. The van der Waals surface area contributed by atoms with Gasteiger partial charge in [-0.1, -0.05) is 12.1 Å². The summed E-state index contributed by atoms with van der Waals surface area (Å²) in [6.07, 6.45) is 1.57. The Hall–Kier alpha value is -2.47. The molecule has 0 radical (unpaired) electrons. The lowest BCUT2D eigenvalue weighted by molar-refractivity contribution is 0.358. The lowest BCUT2D eigenvalue weighted by Crippen LogP contribution is -2.10. The summed E-state index contributed by atoms with van der Waals surface area (Å²) in [6.45, 7) is -0.0821. The number of rotatable bonds is 3. The minimum absolute atomic E-state index is 0.0821. The van der Waals surface area contributed by atoms with E-state index in [0.29, 0.717) is 11.3 Å². The fraction of sp³-hybridized carbons (Fsp3) is 0.0667. The maximum absolute atomic E-state index is 12.4. The number of hydrogen-bond donors (Lipinski definition) is 2. The molecule has 6 heteroatoms. The van der Waals surface area contributed by atoms with Gasteiger partial charge in [-0.3, -0.25) is 0 Å². The molecule has 21 heavy (non-hydrogen) atoms. The Bertz CT molecular complexity index is 823. The summed E-state index contributed by atoms with van der Waals surface area (Å²) in [5.74, 6) is 0.600. The summed E-state index contributed by atoms with van der Waals surface area (Å²) in [4.78, 5) is 0.317. The first-order chi connectivity index (χ1) is 9.98. The van der Waals surface area contributed by atoms with Crippen LogP contribution in [0.5, 0.6) is 11.5 Å². The van der Waals surface area contributed by atoms with Gasteiger partial charge >= 0.3 is 0 Å². The van der Waals surface area contributed by atoms with Gasteiger partial charge in [-0.25, -0.2) is 8.42 Å². The van der Waals surface area contributed by atoms with E-state index in [1.54, 1.807) is 36.4 Å². The quantitative estimate of drug-likeness (QED) is 0.848. The summed E-state index contributed by atoms with van der Waals surface area (Å²) in [6, 6.07) is 11.1. The van der Waals surface area contributed by atoms with Crippen molar-refractivity contribution in [3.05, 3.63) is 52.9 Å². The molecule has 1 heterocycles. The van der Waals surface area contributed by atoms with E-state index in [1.807, 2.05) is 0 Å². The molecule has 0 fully saturated rings. The average Bonchev–Trinajstić information content (AvgIpc) is 2.70. The van der Waals surface area contributed by atoms with Crippen LogP contribution in [0.15, 0.2) is 52.3 Å². The number of nitrogens with two attached hydrogens (primary N) is 1. The molecule has 0 spiro atoms. The van der Waals surface area contributed by atoms with Crippen LogP contribution < -0.4 is 10.5 Å². The van der Waals surface area contributed by atoms with Gasteiger partial charge < -0.3 is 15.6 Å². The van der Waals surface area contributed by atoms with Crippen LogP contribution in [0.3, 0.4) is 0 Å². The van der Waals surface area contributed by atoms with Crippen molar-refractivity contribution in [1.29, 1.82) is 0 Å². The molecular formula is C15H13NO4S. The summed E-state index contributed by atoms with van der Waals surface area (Å²) in [5.41, 5.74) is 6.57. The van der Waals surface area contributed by atoms with E-state index < -0.39 is 9.84 Å². The molecule has 0 saturated carbocycles. The first-order valence-corrected chi connectivity index (χ1v) is 7.73. The highest BCUT2D eigenvalue weighted by Crippen LogP contribution is 2.36. The topological polar surface area (TPSA) is 89.6 Å². The Balaban J connectivity index is 1.85. The normalized spacial score (nSPS) is 15.3. The van der Waals surface area contributed by atoms with Crippen LogP contribution in [0.1, 0.15) is 5.56 Å². The minimum Gasteiger partial charge on any atom is -0.508 e.